The van der Waals surface area contributed by atoms with Crippen LogP contribution in [-0.2, 0) is 22.6 Å². The average Bonchev–Trinajstić information content (AvgIpc) is 3.11. The average molecular weight is 374 g/mol. The molecule has 0 radical (unpaired) electrons. The third-order valence-corrected chi connectivity index (χ3v) is 5.73. The van der Waals surface area contributed by atoms with E-state index >= 15 is 0 Å². The molecule has 5 heteroatoms. The van der Waals surface area contributed by atoms with Gasteiger partial charge in [-0.25, -0.2) is 4.99 Å². The number of guanidine groups is 1. The Bertz CT molecular complexity index is 613. The molecule has 1 saturated carbocycles. The minimum atomic E-state index is 0.592. The summed E-state index contributed by atoms with van der Waals surface area (Å²) in [4.78, 5) is 7.38. The standard InChI is InChI=1S/C22H35N3O2/c1-3-23-21(25-12-11-22(18-25)9-6-10-22)24-16-19-7-5-8-20(15-19)17-27-14-13-26-4-2/h5,7-8,15H,3-4,6,9-14,16-18H2,1-2H3,(H,23,24). The van der Waals surface area contributed by atoms with Crippen molar-refractivity contribution < 1.29 is 9.47 Å². The molecule has 2 fully saturated rings. The van der Waals surface area contributed by atoms with Gasteiger partial charge in [-0.3, -0.25) is 0 Å². The first kappa shape index (κ1) is 20.2. The molecule has 5 nitrogen and oxygen atoms in total. The van der Waals surface area contributed by atoms with Crippen LogP contribution in [0.2, 0.25) is 0 Å². The van der Waals surface area contributed by atoms with Crippen molar-refractivity contribution in [1.82, 2.24) is 10.2 Å². The Morgan fingerprint density at radius 2 is 1.96 bits per heavy atom. The van der Waals surface area contributed by atoms with Crippen molar-refractivity contribution in [2.75, 3.05) is 39.5 Å². The number of ether oxygens (including phenoxy) is 2. The zero-order valence-electron chi connectivity index (χ0n) is 17.0. The van der Waals surface area contributed by atoms with Crippen molar-refractivity contribution in [2.45, 2.75) is 52.7 Å². The number of hydrogen-bond acceptors (Lipinski definition) is 3. The summed E-state index contributed by atoms with van der Waals surface area (Å²) in [7, 11) is 0. The van der Waals surface area contributed by atoms with E-state index in [1.54, 1.807) is 0 Å². The fraction of sp³-hybridized carbons (Fsp3) is 0.682. The molecule has 1 aliphatic heterocycles. The van der Waals surface area contributed by atoms with Crippen LogP contribution in [0, 0.1) is 5.41 Å². The molecule has 0 aromatic heterocycles. The monoisotopic (exact) mass is 373 g/mol. The van der Waals surface area contributed by atoms with Crippen molar-refractivity contribution in [1.29, 1.82) is 0 Å². The van der Waals surface area contributed by atoms with Gasteiger partial charge in [0.25, 0.3) is 0 Å². The molecule has 1 heterocycles. The van der Waals surface area contributed by atoms with E-state index in [-0.39, 0.29) is 0 Å². The number of aliphatic imine (C=N–C) groups is 1. The first-order valence-electron chi connectivity index (χ1n) is 10.5. The second kappa shape index (κ2) is 10.1. The number of benzene rings is 1. The zero-order valence-corrected chi connectivity index (χ0v) is 17.0. The fourth-order valence-electron chi connectivity index (χ4n) is 4.06. The van der Waals surface area contributed by atoms with Gasteiger partial charge >= 0.3 is 0 Å². The summed E-state index contributed by atoms with van der Waals surface area (Å²) in [6.45, 7) is 10.7. The molecule has 1 spiro atoms. The fourth-order valence-corrected chi connectivity index (χ4v) is 4.06. The molecular weight excluding hydrogens is 338 g/mol. The quantitative estimate of drug-likeness (QED) is 0.408. The van der Waals surface area contributed by atoms with Crippen LogP contribution in [0.15, 0.2) is 29.3 Å². The Labute approximate surface area is 164 Å². The Kier molecular flexibility index (Phi) is 7.53. The van der Waals surface area contributed by atoms with Crippen LogP contribution < -0.4 is 5.32 Å². The van der Waals surface area contributed by atoms with E-state index < -0.39 is 0 Å². The molecule has 27 heavy (non-hydrogen) atoms. The van der Waals surface area contributed by atoms with Crippen molar-refractivity contribution >= 4 is 5.96 Å². The molecule has 1 saturated heterocycles. The maximum atomic E-state index is 5.68. The van der Waals surface area contributed by atoms with Crippen LogP contribution in [0.1, 0.15) is 50.7 Å². The third-order valence-electron chi connectivity index (χ3n) is 5.73. The van der Waals surface area contributed by atoms with Gasteiger partial charge in [0, 0.05) is 26.2 Å². The first-order valence-corrected chi connectivity index (χ1v) is 10.5. The highest BCUT2D eigenvalue weighted by molar-refractivity contribution is 5.80. The maximum Gasteiger partial charge on any atom is 0.194 e. The Morgan fingerprint density at radius 3 is 2.67 bits per heavy atom. The predicted molar refractivity (Wildman–Crippen MR) is 110 cm³/mol. The van der Waals surface area contributed by atoms with Gasteiger partial charge in [-0.15, -0.1) is 0 Å². The van der Waals surface area contributed by atoms with Crippen LogP contribution in [0.25, 0.3) is 0 Å². The van der Waals surface area contributed by atoms with E-state index in [1.165, 1.54) is 43.4 Å². The van der Waals surface area contributed by atoms with E-state index in [2.05, 4.69) is 41.4 Å². The number of nitrogens with zero attached hydrogens (tertiary/aromatic N) is 2. The molecule has 0 unspecified atom stereocenters. The number of rotatable bonds is 9. The minimum absolute atomic E-state index is 0.592. The van der Waals surface area contributed by atoms with Crippen molar-refractivity contribution in [2.24, 2.45) is 10.4 Å². The largest absolute Gasteiger partial charge is 0.379 e. The van der Waals surface area contributed by atoms with Gasteiger partial charge in [-0.1, -0.05) is 30.7 Å². The summed E-state index contributed by atoms with van der Waals surface area (Å²) >= 11 is 0. The van der Waals surface area contributed by atoms with Crippen LogP contribution in [0.5, 0.6) is 0 Å². The van der Waals surface area contributed by atoms with Gasteiger partial charge in [-0.05, 0) is 49.7 Å². The molecule has 150 valence electrons. The minimum Gasteiger partial charge on any atom is -0.379 e. The summed E-state index contributed by atoms with van der Waals surface area (Å²) in [5, 5.41) is 3.49. The summed E-state index contributed by atoms with van der Waals surface area (Å²) < 4.78 is 11.0. The predicted octanol–water partition coefficient (Wildman–Crippen LogP) is 3.58. The van der Waals surface area contributed by atoms with Gasteiger partial charge in [0.05, 0.1) is 26.4 Å². The third kappa shape index (κ3) is 5.69. The summed E-state index contributed by atoms with van der Waals surface area (Å²) in [5.74, 6) is 1.07. The number of hydrogen-bond donors (Lipinski definition) is 1. The second-order valence-corrected chi connectivity index (χ2v) is 7.76. The molecular formula is C22H35N3O2. The second-order valence-electron chi connectivity index (χ2n) is 7.76. The molecule has 1 aromatic rings. The van der Waals surface area contributed by atoms with Gasteiger partial charge in [0.1, 0.15) is 0 Å². The zero-order chi connectivity index (χ0) is 19.0. The highest BCUT2D eigenvalue weighted by Crippen LogP contribution is 2.47. The Hall–Kier alpha value is -1.59. The Balaban J connectivity index is 1.53. The summed E-state index contributed by atoms with van der Waals surface area (Å²) in [6.07, 6.45) is 5.52. The first-order chi connectivity index (χ1) is 13.2. The summed E-state index contributed by atoms with van der Waals surface area (Å²) in [5.41, 5.74) is 3.02. The molecule has 1 N–H and O–H groups in total. The molecule has 0 atom stereocenters. The van der Waals surface area contributed by atoms with Gasteiger partial charge in [-0.2, -0.15) is 0 Å². The highest BCUT2D eigenvalue weighted by Gasteiger charge is 2.43. The van der Waals surface area contributed by atoms with Crippen LogP contribution in [0.4, 0.5) is 0 Å². The van der Waals surface area contributed by atoms with Crippen LogP contribution in [0.3, 0.4) is 0 Å². The number of nitrogens with one attached hydrogen (secondary N) is 1. The maximum absolute atomic E-state index is 5.68. The highest BCUT2D eigenvalue weighted by atomic mass is 16.5. The smallest absolute Gasteiger partial charge is 0.194 e. The van der Waals surface area contributed by atoms with Gasteiger partial charge < -0.3 is 19.7 Å². The molecule has 1 aliphatic carbocycles. The van der Waals surface area contributed by atoms with E-state index in [0.717, 1.165) is 25.7 Å². The van der Waals surface area contributed by atoms with Gasteiger partial charge in [0.2, 0.25) is 0 Å². The Morgan fingerprint density at radius 1 is 1.15 bits per heavy atom. The SMILES string of the molecule is CCNC(=NCc1cccc(COCCOCC)c1)N1CCC2(CCC2)C1. The van der Waals surface area contributed by atoms with E-state index in [4.69, 9.17) is 14.5 Å². The van der Waals surface area contributed by atoms with Gasteiger partial charge in [0.15, 0.2) is 5.96 Å². The number of likely N-dealkylation sites (tertiary alicyclic amines) is 1. The lowest BCUT2D eigenvalue weighted by atomic mass is 9.68. The topological polar surface area (TPSA) is 46.1 Å². The van der Waals surface area contributed by atoms with E-state index in [0.29, 0.717) is 31.8 Å². The van der Waals surface area contributed by atoms with Crippen molar-refractivity contribution in [3.05, 3.63) is 35.4 Å². The molecule has 0 bridgehead atoms. The van der Waals surface area contributed by atoms with Crippen molar-refractivity contribution in [3.8, 4) is 0 Å². The lowest BCUT2D eigenvalue weighted by Crippen LogP contribution is -2.42. The molecule has 1 aromatic carbocycles. The lowest BCUT2D eigenvalue weighted by Gasteiger charge is -2.38. The van der Waals surface area contributed by atoms with Crippen molar-refractivity contribution in [3.63, 3.8) is 0 Å². The normalized spacial score (nSPS) is 18.7. The molecule has 3 rings (SSSR count). The van der Waals surface area contributed by atoms with Crippen LogP contribution in [-0.4, -0.2) is 50.3 Å². The van der Waals surface area contributed by atoms with E-state index in [1.807, 2.05) is 6.92 Å². The molecule has 0 amide bonds. The molecule has 2 aliphatic rings. The van der Waals surface area contributed by atoms with Crippen LogP contribution >= 0.6 is 0 Å². The lowest BCUT2D eigenvalue weighted by molar-refractivity contribution is 0.0453. The summed E-state index contributed by atoms with van der Waals surface area (Å²) in [6, 6.07) is 8.55. The van der Waals surface area contributed by atoms with E-state index in [9.17, 15) is 0 Å².